The molecule has 1 rings (SSSR count). The number of carbonyl (C=O) groups is 1. The summed E-state index contributed by atoms with van der Waals surface area (Å²) >= 11 is 0. The van der Waals surface area contributed by atoms with Gasteiger partial charge in [0.2, 0.25) is 0 Å². The van der Waals surface area contributed by atoms with Gasteiger partial charge < -0.3 is 5.11 Å². The summed E-state index contributed by atoms with van der Waals surface area (Å²) in [7, 11) is 0. The Hall–Kier alpha value is -1.49. The summed E-state index contributed by atoms with van der Waals surface area (Å²) in [6, 6.07) is 8.95. The lowest BCUT2D eigenvalue weighted by Gasteiger charge is -2.19. The van der Waals surface area contributed by atoms with Gasteiger partial charge in [-0.05, 0) is 5.56 Å². The molecule has 3 nitrogen and oxygen atoms in total. The lowest BCUT2D eigenvalue weighted by Crippen LogP contribution is -2.33. The van der Waals surface area contributed by atoms with E-state index in [2.05, 4.69) is 0 Å². The predicted octanol–water partition coefficient (Wildman–Crippen LogP) is 1.84. The highest BCUT2D eigenvalue weighted by molar-refractivity contribution is 5.69. The van der Waals surface area contributed by atoms with Crippen molar-refractivity contribution in [3.63, 3.8) is 0 Å². The molecule has 0 aliphatic rings. The normalized spacial score (nSPS) is 11.0. The average molecular weight is 229 g/mol. The summed E-state index contributed by atoms with van der Waals surface area (Å²) in [5.41, 5.74) is 0.824. The standard InChI is InChI=1S/C11H13F2NO2/c12-10(13)7-14(8-11(15)16)6-9-4-2-1-3-5-9/h1-5,10H,6-8H2,(H,15,16). The highest BCUT2D eigenvalue weighted by atomic mass is 19.3. The summed E-state index contributed by atoms with van der Waals surface area (Å²) in [5.74, 6) is -1.10. The number of hydrogen-bond acceptors (Lipinski definition) is 2. The molecule has 16 heavy (non-hydrogen) atoms. The zero-order valence-corrected chi connectivity index (χ0v) is 8.64. The van der Waals surface area contributed by atoms with Gasteiger partial charge in [-0.1, -0.05) is 30.3 Å². The van der Waals surface area contributed by atoms with Crippen molar-refractivity contribution in [1.29, 1.82) is 0 Å². The van der Waals surface area contributed by atoms with Crippen LogP contribution in [0.4, 0.5) is 8.78 Å². The number of alkyl halides is 2. The first-order valence-electron chi connectivity index (χ1n) is 4.84. The molecule has 0 atom stereocenters. The topological polar surface area (TPSA) is 40.5 Å². The van der Waals surface area contributed by atoms with Gasteiger partial charge in [0, 0.05) is 6.54 Å². The van der Waals surface area contributed by atoms with E-state index in [9.17, 15) is 13.6 Å². The Morgan fingerprint density at radius 1 is 1.31 bits per heavy atom. The van der Waals surface area contributed by atoms with E-state index in [-0.39, 0.29) is 13.1 Å². The number of halogens is 2. The van der Waals surface area contributed by atoms with Gasteiger partial charge in [0.25, 0.3) is 6.43 Å². The molecule has 0 unspecified atom stereocenters. The van der Waals surface area contributed by atoms with Crippen molar-refractivity contribution in [2.75, 3.05) is 13.1 Å². The lowest BCUT2D eigenvalue weighted by molar-refractivity contribution is -0.138. The Balaban J connectivity index is 2.59. The molecule has 0 spiro atoms. The fraction of sp³-hybridized carbons (Fsp3) is 0.364. The number of rotatable bonds is 6. The van der Waals surface area contributed by atoms with E-state index in [1.54, 1.807) is 24.3 Å². The van der Waals surface area contributed by atoms with Crippen molar-refractivity contribution in [2.24, 2.45) is 0 Å². The van der Waals surface area contributed by atoms with Gasteiger partial charge in [-0.3, -0.25) is 9.69 Å². The van der Waals surface area contributed by atoms with E-state index < -0.39 is 18.9 Å². The van der Waals surface area contributed by atoms with Crippen LogP contribution in [0.5, 0.6) is 0 Å². The fourth-order valence-electron chi connectivity index (χ4n) is 1.41. The maximum atomic E-state index is 12.2. The molecule has 0 heterocycles. The fourth-order valence-corrected chi connectivity index (χ4v) is 1.41. The quantitative estimate of drug-likeness (QED) is 0.809. The average Bonchev–Trinajstić information content (AvgIpc) is 2.16. The van der Waals surface area contributed by atoms with Crippen LogP contribution in [0.25, 0.3) is 0 Å². The molecule has 0 aromatic heterocycles. The monoisotopic (exact) mass is 229 g/mol. The second-order valence-electron chi connectivity index (χ2n) is 3.44. The molecule has 0 saturated carbocycles. The zero-order valence-electron chi connectivity index (χ0n) is 8.64. The molecule has 0 aliphatic heterocycles. The Bertz CT molecular complexity index is 330. The number of aliphatic carboxylic acids is 1. The first-order chi connectivity index (χ1) is 7.58. The highest BCUT2D eigenvalue weighted by Gasteiger charge is 2.15. The minimum absolute atomic E-state index is 0.220. The summed E-state index contributed by atoms with van der Waals surface area (Å²) in [5, 5.41) is 8.59. The van der Waals surface area contributed by atoms with Gasteiger partial charge in [-0.15, -0.1) is 0 Å². The molecule has 0 fully saturated rings. The van der Waals surface area contributed by atoms with Crippen LogP contribution < -0.4 is 0 Å². The second-order valence-corrected chi connectivity index (χ2v) is 3.44. The minimum Gasteiger partial charge on any atom is -0.480 e. The van der Waals surface area contributed by atoms with Crippen molar-refractivity contribution in [3.8, 4) is 0 Å². The second kappa shape index (κ2) is 6.17. The first-order valence-corrected chi connectivity index (χ1v) is 4.84. The highest BCUT2D eigenvalue weighted by Crippen LogP contribution is 2.06. The van der Waals surface area contributed by atoms with Gasteiger partial charge in [-0.25, -0.2) is 8.78 Å². The minimum atomic E-state index is -2.52. The Labute approximate surface area is 92.3 Å². The van der Waals surface area contributed by atoms with Crippen LogP contribution in [-0.2, 0) is 11.3 Å². The van der Waals surface area contributed by atoms with Gasteiger partial charge in [0.1, 0.15) is 0 Å². The van der Waals surface area contributed by atoms with Gasteiger partial charge in [0.15, 0.2) is 0 Å². The van der Waals surface area contributed by atoms with Gasteiger partial charge >= 0.3 is 5.97 Å². The van der Waals surface area contributed by atoms with Crippen LogP contribution in [0.1, 0.15) is 5.56 Å². The van der Waals surface area contributed by atoms with Crippen molar-refractivity contribution in [1.82, 2.24) is 4.90 Å². The molecule has 0 aliphatic carbocycles. The van der Waals surface area contributed by atoms with E-state index in [4.69, 9.17) is 5.11 Å². The molecule has 1 N–H and O–H groups in total. The predicted molar refractivity (Wildman–Crippen MR) is 55.4 cm³/mol. The molecule has 0 amide bonds. The third kappa shape index (κ3) is 4.84. The molecular weight excluding hydrogens is 216 g/mol. The van der Waals surface area contributed by atoms with Crippen LogP contribution in [-0.4, -0.2) is 35.5 Å². The Morgan fingerprint density at radius 3 is 2.44 bits per heavy atom. The first kappa shape index (κ1) is 12.6. The molecule has 1 aromatic carbocycles. The van der Waals surface area contributed by atoms with Crippen molar-refractivity contribution >= 4 is 5.97 Å². The van der Waals surface area contributed by atoms with E-state index in [1.807, 2.05) is 6.07 Å². The zero-order chi connectivity index (χ0) is 12.0. The van der Waals surface area contributed by atoms with Crippen LogP contribution in [0.2, 0.25) is 0 Å². The number of hydrogen-bond donors (Lipinski definition) is 1. The smallest absolute Gasteiger partial charge is 0.317 e. The molecule has 0 bridgehead atoms. The third-order valence-corrected chi connectivity index (χ3v) is 2.00. The maximum Gasteiger partial charge on any atom is 0.317 e. The van der Waals surface area contributed by atoms with Crippen LogP contribution in [0.15, 0.2) is 30.3 Å². The van der Waals surface area contributed by atoms with E-state index >= 15 is 0 Å². The largest absolute Gasteiger partial charge is 0.480 e. The van der Waals surface area contributed by atoms with Crippen LogP contribution in [0, 0.1) is 0 Å². The molecule has 88 valence electrons. The molecular formula is C11H13F2NO2. The van der Waals surface area contributed by atoms with E-state index in [1.165, 1.54) is 4.90 Å². The SMILES string of the molecule is O=C(O)CN(Cc1ccccc1)CC(F)F. The van der Waals surface area contributed by atoms with E-state index in [0.29, 0.717) is 0 Å². The lowest BCUT2D eigenvalue weighted by atomic mass is 10.2. The van der Waals surface area contributed by atoms with Crippen molar-refractivity contribution in [2.45, 2.75) is 13.0 Å². The Morgan fingerprint density at radius 2 is 1.94 bits per heavy atom. The Kier molecular flexibility index (Phi) is 4.85. The number of carboxylic acids is 1. The third-order valence-electron chi connectivity index (χ3n) is 2.00. The molecule has 0 saturated heterocycles. The number of benzene rings is 1. The van der Waals surface area contributed by atoms with E-state index in [0.717, 1.165) is 5.56 Å². The molecule has 1 aromatic rings. The van der Waals surface area contributed by atoms with Crippen molar-refractivity contribution in [3.05, 3.63) is 35.9 Å². The maximum absolute atomic E-state index is 12.2. The molecule has 0 radical (unpaired) electrons. The number of nitrogens with zero attached hydrogens (tertiary/aromatic N) is 1. The van der Waals surface area contributed by atoms with Crippen molar-refractivity contribution < 1.29 is 18.7 Å². The van der Waals surface area contributed by atoms with Gasteiger partial charge in [0.05, 0.1) is 13.1 Å². The van der Waals surface area contributed by atoms with Crippen LogP contribution in [0.3, 0.4) is 0 Å². The summed E-state index contributed by atoms with van der Waals surface area (Å²) < 4.78 is 24.4. The summed E-state index contributed by atoms with van der Waals surface area (Å²) in [4.78, 5) is 11.7. The molecule has 5 heteroatoms. The van der Waals surface area contributed by atoms with Gasteiger partial charge in [-0.2, -0.15) is 0 Å². The van der Waals surface area contributed by atoms with Crippen LogP contribution >= 0.6 is 0 Å². The summed E-state index contributed by atoms with van der Waals surface area (Å²) in [6.45, 7) is -0.683. The summed E-state index contributed by atoms with van der Waals surface area (Å²) in [6.07, 6.45) is -2.52. The number of carboxylic acid groups (broad SMARTS) is 1.